The summed E-state index contributed by atoms with van der Waals surface area (Å²) in [6.07, 6.45) is 0.767. The largest absolute Gasteiger partial charge is 0.289 e. The van der Waals surface area contributed by atoms with Crippen molar-refractivity contribution in [2.45, 2.75) is 13.8 Å². The third kappa shape index (κ3) is 4.95. The van der Waals surface area contributed by atoms with Crippen LogP contribution in [0.1, 0.15) is 24.2 Å². The summed E-state index contributed by atoms with van der Waals surface area (Å²) in [6, 6.07) is 0. The molecule has 101 valence electrons. The van der Waals surface area contributed by atoms with Gasteiger partial charge in [-0.3, -0.25) is 4.79 Å². The van der Waals surface area contributed by atoms with Gasteiger partial charge in [-0.1, -0.05) is 71.9 Å². The quantitative estimate of drug-likeness (QED) is 0.272. The van der Waals surface area contributed by atoms with Crippen molar-refractivity contribution < 1.29 is 4.79 Å². The molecule has 1 aromatic rings. The number of carbonyl (C=O) groups excluding carboxylic acids is 1. The van der Waals surface area contributed by atoms with Gasteiger partial charge in [0.2, 0.25) is 0 Å². The molecule has 1 aromatic carbocycles. The Balaban J connectivity index is 0.00000324. The van der Waals surface area contributed by atoms with E-state index in [0.717, 1.165) is 6.16 Å². The van der Waals surface area contributed by atoms with Gasteiger partial charge in [0.15, 0.2) is 5.52 Å². The molecule has 0 aliphatic carbocycles. The van der Waals surface area contributed by atoms with Crippen molar-refractivity contribution >= 4 is 91.0 Å². The van der Waals surface area contributed by atoms with Crippen molar-refractivity contribution in [3.8, 4) is 0 Å². The second kappa shape index (κ2) is 8.72. The van der Waals surface area contributed by atoms with Crippen LogP contribution in [0.25, 0.3) is 0 Å². The molecule has 0 amide bonds. The van der Waals surface area contributed by atoms with E-state index < -0.39 is 0 Å². The zero-order valence-electron chi connectivity index (χ0n) is 10.6. The smallest absolute Gasteiger partial charge is 0.184 e. The van der Waals surface area contributed by atoms with Gasteiger partial charge in [-0.25, -0.2) is 0 Å². The van der Waals surface area contributed by atoms with Gasteiger partial charge in [0.25, 0.3) is 0 Å². The van der Waals surface area contributed by atoms with E-state index in [1.54, 1.807) is 0 Å². The maximum Gasteiger partial charge on any atom is 0.184 e. The van der Waals surface area contributed by atoms with Gasteiger partial charge in [-0.05, 0) is 20.7 Å². The van der Waals surface area contributed by atoms with E-state index >= 15 is 0 Å². The summed E-state index contributed by atoms with van der Waals surface area (Å²) in [5.41, 5.74) is 0.0101. The maximum atomic E-state index is 12.1. The summed E-state index contributed by atoms with van der Waals surface area (Å²) < 4.78 is 0. The Morgan fingerprint density at radius 2 is 1.32 bits per heavy atom. The Labute approximate surface area is 151 Å². The third-order valence-electron chi connectivity index (χ3n) is 2.11. The molecule has 8 heteroatoms. The molecule has 0 aliphatic heterocycles. The minimum atomic E-state index is -0.154. The zero-order valence-corrected chi connectivity index (χ0v) is 15.4. The molecule has 0 aromatic heterocycles. The molecule has 0 saturated heterocycles. The van der Waals surface area contributed by atoms with E-state index in [1.807, 2.05) is 13.8 Å². The molecule has 0 fully saturated rings. The molecule has 1 radical (unpaired) electrons. The van der Waals surface area contributed by atoms with Crippen molar-refractivity contribution in [2.24, 2.45) is 5.92 Å². The summed E-state index contributed by atoms with van der Waals surface area (Å²) in [7, 11) is 0.0779. The van der Waals surface area contributed by atoms with Gasteiger partial charge < -0.3 is 0 Å². The molecule has 0 saturated carbocycles. The van der Waals surface area contributed by atoms with Crippen LogP contribution in [-0.4, -0.2) is 30.5 Å². The molecule has 0 aliphatic rings. The minimum absolute atomic E-state index is 0. The predicted octanol–water partition coefficient (Wildman–Crippen LogP) is 6.05. The van der Waals surface area contributed by atoms with E-state index in [-0.39, 0.29) is 63.6 Å². The van der Waals surface area contributed by atoms with Crippen LogP contribution in [0.15, 0.2) is 0 Å². The summed E-state index contributed by atoms with van der Waals surface area (Å²) >= 11 is 29.7. The molecular formula is C11H10Cl5LiOP. The predicted molar refractivity (Wildman–Crippen MR) is 89.6 cm³/mol. The molecule has 0 spiro atoms. The fourth-order valence-corrected chi connectivity index (χ4v) is 3.68. The number of halogens is 5. The summed E-state index contributed by atoms with van der Waals surface area (Å²) in [5.74, 6) is 0.420. The van der Waals surface area contributed by atoms with Crippen LogP contribution < -0.4 is 0 Å². The Morgan fingerprint density at radius 3 is 1.68 bits per heavy atom. The normalized spacial score (nSPS) is 11.2. The fourth-order valence-electron chi connectivity index (χ4n) is 1.19. The standard InChI is InChI=1S/C11H10Cl5OP.Li/c1-4(2)3-18-11(17)5-6(12)8(14)10(16)9(15)7(5)13;/h4,18H,3H2,1-2H3;. The summed E-state index contributed by atoms with van der Waals surface area (Å²) in [5, 5.41) is 0.322. The van der Waals surface area contributed by atoms with Gasteiger partial charge in [-0.15, -0.1) is 0 Å². The van der Waals surface area contributed by atoms with Crippen LogP contribution in [0.3, 0.4) is 0 Å². The molecule has 0 N–H and O–H groups in total. The Bertz CT molecular complexity index is 463. The first-order valence-electron chi connectivity index (χ1n) is 5.07. The second-order valence-corrected chi connectivity index (χ2v) is 7.15. The van der Waals surface area contributed by atoms with E-state index in [4.69, 9.17) is 58.0 Å². The van der Waals surface area contributed by atoms with E-state index in [0.29, 0.717) is 5.92 Å². The number of carbonyl (C=O) groups is 1. The first-order chi connectivity index (χ1) is 8.27. The fraction of sp³-hybridized carbons (Fsp3) is 0.364. The maximum absolute atomic E-state index is 12.1. The van der Waals surface area contributed by atoms with Crippen LogP contribution in [-0.2, 0) is 0 Å². The molecule has 1 rings (SSSR count). The molecule has 1 atom stereocenters. The third-order valence-corrected chi connectivity index (χ3v) is 5.98. The van der Waals surface area contributed by atoms with Crippen LogP contribution in [0.2, 0.25) is 25.1 Å². The Hall–Kier alpha value is 1.37. The van der Waals surface area contributed by atoms with Crippen molar-refractivity contribution in [3.63, 3.8) is 0 Å². The van der Waals surface area contributed by atoms with E-state index in [9.17, 15) is 4.79 Å². The minimum Gasteiger partial charge on any atom is -0.289 e. The molecule has 1 unspecified atom stereocenters. The SMILES string of the molecule is CC(C)CPC(=O)c1c(Cl)c(Cl)c(Cl)c(Cl)c1Cl.[Li]. The van der Waals surface area contributed by atoms with Crippen molar-refractivity contribution in [1.82, 2.24) is 0 Å². The van der Waals surface area contributed by atoms with Crippen LogP contribution in [0.5, 0.6) is 0 Å². The van der Waals surface area contributed by atoms with E-state index in [1.165, 1.54) is 0 Å². The van der Waals surface area contributed by atoms with Crippen molar-refractivity contribution in [1.29, 1.82) is 0 Å². The first kappa shape index (κ1) is 20.4. The second-order valence-electron chi connectivity index (χ2n) is 4.05. The Morgan fingerprint density at radius 1 is 0.947 bits per heavy atom. The molecule has 0 heterocycles. The van der Waals surface area contributed by atoms with Crippen molar-refractivity contribution in [2.75, 3.05) is 6.16 Å². The van der Waals surface area contributed by atoms with E-state index in [2.05, 4.69) is 0 Å². The number of benzene rings is 1. The monoisotopic (exact) mass is 371 g/mol. The number of rotatable bonds is 4. The Kier molecular flexibility index (Phi) is 9.35. The number of hydrogen-bond acceptors (Lipinski definition) is 1. The molecule has 19 heavy (non-hydrogen) atoms. The molecule has 0 bridgehead atoms. The summed E-state index contributed by atoms with van der Waals surface area (Å²) in [6.45, 7) is 4.07. The van der Waals surface area contributed by atoms with Crippen LogP contribution in [0.4, 0.5) is 0 Å². The number of hydrogen-bond donors (Lipinski definition) is 0. The van der Waals surface area contributed by atoms with Gasteiger partial charge in [0.1, 0.15) is 0 Å². The molecule has 1 nitrogen and oxygen atoms in total. The first-order valence-corrected chi connectivity index (χ1v) is 8.16. The van der Waals surface area contributed by atoms with Gasteiger partial charge in [0, 0.05) is 18.9 Å². The van der Waals surface area contributed by atoms with Crippen LogP contribution >= 0.6 is 66.6 Å². The average molecular weight is 373 g/mol. The topological polar surface area (TPSA) is 17.1 Å². The van der Waals surface area contributed by atoms with Gasteiger partial charge in [-0.2, -0.15) is 0 Å². The van der Waals surface area contributed by atoms with Crippen LogP contribution in [0, 0.1) is 5.92 Å². The summed E-state index contributed by atoms with van der Waals surface area (Å²) in [4.78, 5) is 12.1. The van der Waals surface area contributed by atoms with Crippen molar-refractivity contribution in [3.05, 3.63) is 30.7 Å². The van der Waals surface area contributed by atoms with Gasteiger partial charge >= 0.3 is 0 Å². The average Bonchev–Trinajstić information content (AvgIpc) is 2.31. The van der Waals surface area contributed by atoms with Gasteiger partial charge in [0.05, 0.1) is 30.7 Å². The zero-order chi connectivity index (χ0) is 14.0. The molecular weight excluding hydrogens is 363 g/mol.